The Bertz CT molecular complexity index is 1650. The first-order chi connectivity index (χ1) is 21.5. The topological polar surface area (TPSA) is 94.2 Å². The van der Waals surface area contributed by atoms with E-state index in [0.29, 0.717) is 35.1 Å². The van der Waals surface area contributed by atoms with Crippen LogP contribution in [0, 0.1) is 0 Å². The molecule has 1 unspecified atom stereocenters. The van der Waals surface area contributed by atoms with Gasteiger partial charge in [-0.05, 0) is 91.4 Å². The maximum absolute atomic E-state index is 13.2. The molecule has 1 atom stereocenters. The number of alkyl carbamates (subject to hydrolysis) is 1. The molecule has 0 aromatic heterocycles. The molecule has 0 spiro atoms. The zero-order chi connectivity index (χ0) is 32.0. The molecule has 1 aliphatic rings. The lowest BCUT2D eigenvalue weighted by Crippen LogP contribution is -2.41. The van der Waals surface area contributed by atoms with Crippen molar-refractivity contribution in [2.45, 2.75) is 45.3 Å². The summed E-state index contributed by atoms with van der Waals surface area (Å²) in [4.78, 5) is 40.3. The van der Waals surface area contributed by atoms with Crippen LogP contribution in [0.25, 0.3) is 11.1 Å². The van der Waals surface area contributed by atoms with Crippen LogP contribution < -0.4 is 10.1 Å². The van der Waals surface area contributed by atoms with Gasteiger partial charge < -0.3 is 24.4 Å². The molecule has 0 saturated carbocycles. The highest BCUT2D eigenvalue weighted by molar-refractivity contribution is 6.30. The fourth-order valence-electron chi connectivity index (χ4n) is 5.01. The zero-order valence-corrected chi connectivity index (χ0v) is 26.2. The summed E-state index contributed by atoms with van der Waals surface area (Å²) in [6.07, 6.45) is -1.12. The van der Waals surface area contributed by atoms with E-state index in [-0.39, 0.29) is 13.1 Å². The van der Waals surface area contributed by atoms with E-state index >= 15 is 0 Å². The molecule has 5 rings (SSSR count). The Morgan fingerprint density at radius 1 is 0.844 bits per heavy atom. The van der Waals surface area contributed by atoms with E-state index in [1.165, 1.54) is 4.90 Å². The summed E-state index contributed by atoms with van der Waals surface area (Å²) in [7, 11) is 0. The quantitative estimate of drug-likeness (QED) is 0.164. The SMILES string of the molecule is CC(C)(C)OC(=O)C(CNC(=O)OC(=O)N1CCc2ccc(Oc3ccc(Cl)cc3)cc2C1)c1ccc(-c2ccccc2)cc1. The minimum atomic E-state index is -0.944. The zero-order valence-electron chi connectivity index (χ0n) is 25.4. The Morgan fingerprint density at radius 2 is 1.51 bits per heavy atom. The number of rotatable bonds is 7. The van der Waals surface area contributed by atoms with Crippen LogP contribution in [0.1, 0.15) is 43.4 Å². The summed E-state index contributed by atoms with van der Waals surface area (Å²) in [6, 6.07) is 30.2. The second kappa shape index (κ2) is 13.9. The van der Waals surface area contributed by atoms with Crippen LogP contribution in [-0.2, 0) is 27.2 Å². The molecule has 1 aliphatic heterocycles. The summed E-state index contributed by atoms with van der Waals surface area (Å²) in [5, 5.41) is 3.20. The van der Waals surface area contributed by atoms with Gasteiger partial charge in [-0.15, -0.1) is 0 Å². The first-order valence-electron chi connectivity index (χ1n) is 14.7. The highest BCUT2D eigenvalue weighted by Gasteiger charge is 2.29. The molecule has 0 bridgehead atoms. The van der Waals surface area contributed by atoms with E-state index in [9.17, 15) is 14.4 Å². The van der Waals surface area contributed by atoms with Crippen LogP contribution in [0.2, 0.25) is 5.02 Å². The average molecular weight is 627 g/mol. The molecule has 0 saturated heterocycles. The van der Waals surface area contributed by atoms with E-state index in [2.05, 4.69) is 5.32 Å². The van der Waals surface area contributed by atoms with Gasteiger partial charge in [0.15, 0.2) is 0 Å². The molecular weight excluding hydrogens is 592 g/mol. The molecule has 1 heterocycles. The Labute approximate surface area is 267 Å². The van der Waals surface area contributed by atoms with Gasteiger partial charge in [-0.1, -0.05) is 72.3 Å². The van der Waals surface area contributed by atoms with Crippen molar-refractivity contribution in [3.8, 4) is 22.6 Å². The number of carbonyl (C=O) groups is 3. The van der Waals surface area contributed by atoms with Crippen molar-refractivity contribution in [1.29, 1.82) is 0 Å². The second-order valence-corrected chi connectivity index (χ2v) is 12.2. The molecule has 45 heavy (non-hydrogen) atoms. The lowest BCUT2D eigenvalue weighted by molar-refractivity contribution is -0.156. The van der Waals surface area contributed by atoms with Crippen LogP contribution in [-0.4, -0.2) is 41.7 Å². The van der Waals surface area contributed by atoms with Gasteiger partial charge in [0.25, 0.3) is 0 Å². The maximum atomic E-state index is 13.2. The van der Waals surface area contributed by atoms with Crippen LogP contribution in [0.3, 0.4) is 0 Å². The summed E-state index contributed by atoms with van der Waals surface area (Å²) in [5.74, 6) is -0.0441. The number of amides is 2. The summed E-state index contributed by atoms with van der Waals surface area (Å²) in [5.41, 5.74) is 3.97. The van der Waals surface area contributed by atoms with Gasteiger partial charge in [0.1, 0.15) is 17.1 Å². The second-order valence-electron chi connectivity index (χ2n) is 11.8. The molecular formula is C36H35ClN2O6. The van der Waals surface area contributed by atoms with E-state index in [4.69, 9.17) is 25.8 Å². The lowest BCUT2D eigenvalue weighted by Gasteiger charge is -2.28. The van der Waals surface area contributed by atoms with E-state index in [0.717, 1.165) is 22.3 Å². The Morgan fingerprint density at radius 3 is 2.20 bits per heavy atom. The van der Waals surface area contributed by atoms with E-state index in [1.54, 1.807) is 45.0 Å². The van der Waals surface area contributed by atoms with Crippen molar-refractivity contribution < 1.29 is 28.6 Å². The van der Waals surface area contributed by atoms with Gasteiger partial charge in [0.2, 0.25) is 0 Å². The van der Waals surface area contributed by atoms with Crippen LogP contribution in [0.5, 0.6) is 11.5 Å². The number of hydrogen-bond donors (Lipinski definition) is 1. The number of carbonyl (C=O) groups excluding carboxylic acids is 3. The summed E-state index contributed by atoms with van der Waals surface area (Å²) < 4.78 is 16.7. The van der Waals surface area contributed by atoms with Crippen LogP contribution in [0.15, 0.2) is 97.1 Å². The van der Waals surface area contributed by atoms with E-state index < -0.39 is 29.7 Å². The smallest absolute Gasteiger partial charge is 0.419 e. The minimum absolute atomic E-state index is 0.111. The number of fused-ring (bicyclic) bond motifs is 1. The van der Waals surface area contributed by atoms with Gasteiger partial charge in [-0.2, -0.15) is 0 Å². The average Bonchev–Trinajstić information content (AvgIpc) is 3.02. The molecule has 0 fully saturated rings. The van der Waals surface area contributed by atoms with Crippen molar-refractivity contribution in [3.63, 3.8) is 0 Å². The molecule has 8 nitrogen and oxygen atoms in total. The van der Waals surface area contributed by atoms with Crippen LogP contribution in [0.4, 0.5) is 9.59 Å². The predicted octanol–water partition coefficient (Wildman–Crippen LogP) is 8.13. The fourth-order valence-corrected chi connectivity index (χ4v) is 5.13. The van der Waals surface area contributed by atoms with E-state index in [1.807, 2.05) is 72.8 Å². The maximum Gasteiger partial charge on any atom is 0.419 e. The summed E-state index contributed by atoms with van der Waals surface area (Å²) in [6.45, 7) is 5.89. The van der Waals surface area contributed by atoms with Gasteiger partial charge in [0.05, 0.1) is 5.92 Å². The van der Waals surface area contributed by atoms with Crippen molar-refractivity contribution in [2.75, 3.05) is 13.1 Å². The number of benzene rings is 4. The Kier molecular flexibility index (Phi) is 9.74. The molecule has 2 amide bonds. The number of halogens is 1. The third-order valence-corrected chi connectivity index (χ3v) is 7.49. The van der Waals surface area contributed by atoms with Gasteiger partial charge in [-0.25, -0.2) is 9.59 Å². The molecule has 0 radical (unpaired) electrons. The lowest BCUT2D eigenvalue weighted by atomic mass is 9.96. The Hall–Kier alpha value is -4.82. The highest BCUT2D eigenvalue weighted by atomic mass is 35.5. The first kappa shape index (κ1) is 31.6. The molecule has 9 heteroatoms. The summed E-state index contributed by atoms with van der Waals surface area (Å²) >= 11 is 5.96. The van der Waals surface area contributed by atoms with Crippen molar-refractivity contribution in [2.24, 2.45) is 0 Å². The number of esters is 1. The van der Waals surface area contributed by atoms with Crippen molar-refractivity contribution >= 4 is 29.8 Å². The first-order valence-corrected chi connectivity index (χ1v) is 15.1. The molecule has 4 aromatic carbocycles. The Balaban J connectivity index is 1.20. The number of ether oxygens (including phenoxy) is 3. The van der Waals surface area contributed by atoms with Crippen molar-refractivity contribution in [1.82, 2.24) is 10.2 Å². The molecule has 0 aliphatic carbocycles. The van der Waals surface area contributed by atoms with Gasteiger partial charge in [0, 0.05) is 24.7 Å². The standard InChI is InChI=1S/C36H35ClN2O6/c1-36(2,3)45-33(40)32(27-11-9-25(10-12-27)24-7-5-4-6-8-24)22-38-34(41)44-35(42)39-20-19-26-13-16-31(21-28(26)23-39)43-30-17-14-29(37)15-18-30/h4-18,21,32H,19-20,22-23H2,1-3H3,(H,38,41). The third kappa shape index (κ3) is 8.64. The number of nitrogens with zero attached hydrogens (tertiary/aromatic N) is 1. The largest absolute Gasteiger partial charge is 0.459 e. The van der Waals surface area contributed by atoms with Crippen molar-refractivity contribution in [3.05, 3.63) is 119 Å². The molecule has 4 aromatic rings. The predicted molar refractivity (Wildman–Crippen MR) is 172 cm³/mol. The highest BCUT2D eigenvalue weighted by Crippen LogP contribution is 2.29. The normalized spacial score (nSPS) is 13.3. The number of nitrogens with one attached hydrogen (secondary N) is 1. The fraction of sp³-hybridized carbons (Fsp3) is 0.250. The monoisotopic (exact) mass is 626 g/mol. The minimum Gasteiger partial charge on any atom is -0.459 e. The van der Waals surface area contributed by atoms with Gasteiger partial charge >= 0.3 is 18.2 Å². The molecule has 232 valence electrons. The molecule has 1 N–H and O–H groups in total. The van der Waals surface area contributed by atoms with Crippen LogP contribution >= 0.6 is 11.6 Å². The third-order valence-electron chi connectivity index (χ3n) is 7.24. The van der Waals surface area contributed by atoms with Gasteiger partial charge in [-0.3, -0.25) is 4.79 Å². The number of hydrogen-bond acceptors (Lipinski definition) is 6.